The van der Waals surface area contributed by atoms with Crippen molar-refractivity contribution < 1.29 is 0 Å². The second kappa shape index (κ2) is 4.95. The van der Waals surface area contributed by atoms with Crippen LogP contribution in [0, 0.1) is 5.92 Å². The number of aromatic nitrogens is 1. The number of halogens is 1. The fourth-order valence-electron chi connectivity index (χ4n) is 1.89. The third-order valence-corrected chi connectivity index (χ3v) is 3.19. The minimum Gasteiger partial charge on any atom is -0.308 e. The van der Waals surface area contributed by atoms with E-state index in [1.807, 2.05) is 12.1 Å². The standard InChI is InChI=1S/C12H17ClN2/c1-2-12(9-3-4-9)15-8-11-6-5-10(13)7-14-11/h5-7,9,12,15H,2-4,8H2,1H3. The Hall–Kier alpha value is -0.600. The van der Waals surface area contributed by atoms with Gasteiger partial charge in [0, 0.05) is 18.8 Å². The molecule has 0 amide bonds. The van der Waals surface area contributed by atoms with Gasteiger partial charge in [-0.15, -0.1) is 0 Å². The third-order valence-electron chi connectivity index (χ3n) is 2.96. The number of nitrogens with zero attached hydrogens (tertiary/aromatic N) is 1. The van der Waals surface area contributed by atoms with Crippen molar-refractivity contribution in [2.75, 3.05) is 0 Å². The molecule has 1 aromatic heterocycles. The van der Waals surface area contributed by atoms with Gasteiger partial charge in [0.25, 0.3) is 0 Å². The first kappa shape index (κ1) is 10.9. The maximum Gasteiger partial charge on any atom is 0.0589 e. The molecule has 1 saturated carbocycles. The molecule has 1 atom stereocenters. The Labute approximate surface area is 96.1 Å². The van der Waals surface area contributed by atoms with E-state index in [2.05, 4.69) is 17.2 Å². The average Bonchev–Trinajstić information content (AvgIpc) is 3.06. The molecule has 0 spiro atoms. The van der Waals surface area contributed by atoms with Gasteiger partial charge >= 0.3 is 0 Å². The Balaban J connectivity index is 1.83. The summed E-state index contributed by atoms with van der Waals surface area (Å²) < 4.78 is 0. The second-order valence-electron chi connectivity index (χ2n) is 4.20. The number of nitrogens with one attached hydrogen (secondary N) is 1. The predicted molar refractivity (Wildman–Crippen MR) is 62.9 cm³/mol. The summed E-state index contributed by atoms with van der Waals surface area (Å²) in [4.78, 5) is 4.27. The van der Waals surface area contributed by atoms with Gasteiger partial charge < -0.3 is 5.32 Å². The largest absolute Gasteiger partial charge is 0.308 e. The van der Waals surface area contributed by atoms with Crippen molar-refractivity contribution in [2.24, 2.45) is 5.92 Å². The highest BCUT2D eigenvalue weighted by Gasteiger charge is 2.29. The van der Waals surface area contributed by atoms with Crippen LogP contribution in [0.1, 0.15) is 31.9 Å². The lowest BCUT2D eigenvalue weighted by Crippen LogP contribution is -2.30. The minimum absolute atomic E-state index is 0.669. The Morgan fingerprint density at radius 3 is 2.87 bits per heavy atom. The van der Waals surface area contributed by atoms with E-state index in [0.29, 0.717) is 11.1 Å². The van der Waals surface area contributed by atoms with E-state index in [0.717, 1.165) is 18.2 Å². The smallest absolute Gasteiger partial charge is 0.0589 e. The highest BCUT2D eigenvalue weighted by Crippen LogP contribution is 2.33. The van der Waals surface area contributed by atoms with Crippen LogP contribution in [0.2, 0.25) is 5.02 Å². The zero-order valence-electron chi connectivity index (χ0n) is 9.04. The maximum absolute atomic E-state index is 5.78. The Bertz CT molecular complexity index is 306. The molecule has 1 N–H and O–H groups in total. The molecule has 1 fully saturated rings. The molecular weight excluding hydrogens is 208 g/mol. The summed E-state index contributed by atoms with van der Waals surface area (Å²) in [5.74, 6) is 0.905. The van der Waals surface area contributed by atoms with Gasteiger partial charge in [0.05, 0.1) is 10.7 Å². The van der Waals surface area contributed by atoms with Gasteiger partial charge in [0.1, 0.15) is 0 Å². The van der Waals surface area contributed by atoms with Gasteiger partial charge in [0.15, 0.2) is 0 Å². The molecule has 0 bridgehead atoms. The highest BCUT2D eigenvalue weighted by molar-refractivity contribution is 6.30. The molecule has 2 rings (SSSR count). The Kier molecular flexibility index (Phi) is 3.60. The molecule has 0 aliphatic heterocycles. The van der Waals surface area contributed by atoms with Crippen LogP contribution in [0.5, 0.6) is 0 Å². The summed E-state index contributed by atoms with van der Waals surface area (Å²) in [6, 6.07) is 4.54. The lowest BCUT2D eigenvalue weighted by Gasteiger charge is -2.15. The van der Waals surface area contributed by atoms with Crippen molar-refractivity contribution in [1.29, 1.82) is 0 Å². The molecule has 1 aliphatic rings. The lowest BCUT2D eigenvalue weighted by atomic mass is 10.1. The number of rotatable bonds is 5. The summed E-state index contributed by atoms with van der Waals surface area (Å²) in [6.07, 6.45) is 5.69. The number of hydrogen-bond acceptors (Lipinski definition) is 2. The van der Waals surface area contributed by atoms with Gasteiger partial charge in [-0.3, -0.25) is 4.98 Å². The summed E-state index contributed by atoms with van der Waals surface area (Å²) in [7, 11) is 0. The monoisotopic (exact) mass is 224 g/mol. The summed E-state index contributed by atoms with van der Waals surface area (Å²) >= 11 is 5.78. The molecule has 3 heteroatoms. The van der Waals surface area contributed by atoms with E-state index in [-0.39, 0.29) is 0 Å². The molecule has 1 aromatic rings. The molecule has 1 unspecified atom stereocenters. The highest BCUT2D eigenvalue weighted by atomic mass is 35.5. The summed E-state index contributed by atoms with van der Waals surface area (Å²) in [6.45, 7) is 3.09. The van der Waals surface area contributed by atoms with Crippen molar-refractivity contribution in [3.8, 4) is 0 Å². The van der Waals surface area contributed by atoms with Gasteiger partial charge in [-0.05, 0) is 37.3 Å². The maximum atomic E-state index is 5.78. The molecule has 2 nitrogen and oxygen atoms in total. The first-order chi connectivity index (χ1) is 7.29. The normalized spacial score (nSPS) is 17.7. The number of pyridine rings is 1. The van der Waals surface area contributed by atoms with Crippen LogP contribution in [0.25, 0.3) is 0 Å². The third kappa shape index (κ3) is 3.18. The van der Waals surface area contributed by atoms with Gasteiger partial charge in [-0.1, -0.05) is 18.5 Å². The van der Waals surface area contributed by atoms with Gasteiger partial charge in [-0.2, -0.15) is 0 Å². The van der Waals surface area contributed by atoms with E-state index in [9.17, 15) is 0 Å². The van der Waals surface area contributed by atoms with E-state index in [4.69, 9.17) is 11.6 Å². The van der Waals surface area contributed by atoms with Crippen molar-refractivity contribution >= 4 is 11.6 Å². The SMILES string of the molecule is CCC(NCc1ccc(Cl)cn1)C1CC1. The molecule has 15 heavy (non-hydrogen) atoms. The van der Waals surface area contributed by atoms with Crippen LogP contribution in [-0.4, -0.2) is 11.0 Å². The van der Waals surface area contributed by atoms with Crippen LogP contribution >= 0.6 is 11.6 Å². The Morgan fingerprint density at radius 1 is 1.53 bits per heavy atom. The van der Waals surface area contributed by atoms with Gasteiger partial charge in [0.2, 0.25) is 0 Å². The zero-order valence-corrected chi connectivity index (χ0v) is 9.80. The molecule has 0 aromatic carbocycles. The fraction of sp³-hybridized carbons (Fsp3) is 0.583. The molecule has 1 heterocycles. The van der Waals surface area contributed by atoms with Crippen LogP contribution in [0.4, 0.5) is 0 Å². The van der Waals surface area contributed by atoms with E-state index in [1.165, 1.54) is 19.3 Å². The summed E-state index contributed by atoms with van der Waals surface area (Å²) in [5, 5.41) is 4.26. The van der Waals surface area contributed by atoms with E-state index < -0.39 is 0 Å². The predicted octanol–water partition coefficient (Wildman–Crippen LogP) is 3.01. The number of hydrogen-bond donors (Lipinski definition) is 1. The van der Waals surface area contributed by atoms with Crippen molar-refractivity contribution in [1.82, 2.24) is 10.3 Å². The van der Waals surface area contributed by atoms with Crippen molar-refractivity contribution in [3.63, 3.8) is 0 Å². The quantitative estimate of drug-likeness (QED) is 0.832. The van der Waals surface area contributed by atoms with Crippen LogP contribution in [0.3, 0.4) is 0 Å². The van der Waals surface area contributed by atoms with Crippen LogP contribution in [0.15, 0.2) is 18.3 Å². The molecular formula is C12H17ClN2. The van der Waals surface area contributed by atoms with E-state index >= 15 is 0 Å². The molecule has 82 valence electrons. The molecule has 0 saturated heterocycles. The lowest BCUT2D eigenvalue weighted by molar-refractivity contribution is 0.446. The summed E-state index contributed by atoms with van der Waals surface area (Å²) in [5.41, 5.74) is 1.07. The Morgan fingerprint density at radius 2 is 2.33 bits per heavy atom. The first-order valence-electron chi connectivity index (χ1n) is 5.63. The first-order valence-corrected chi connectivity index (χ1v) is 6.01. The van der Waals surface area contributed by atoms with Crippen molar-refractivity contribution in [3.05, 3.63) is 29.0 Å². The van der Waals surface area contributed by atoms with E-state index in [1.54, 1.807) is 6.20 Å². The molecule has 0 radical (unpaired) electrons. The second-order valence-corrected chi connectivity index (χ2v) is 4.64. The van der Waals surface area contributed by atoms with Gasteiger partial charge in [-0.25, -0.2) is 0 Å². The van der Waals surface area contributed by atoms with Crippen LogP contribution in [-0.2, 0) is 6.54 Å². The zero-order chi connectivity index (χ0) is 10.7. The van der Waals surface area contributed by atoms with Crippen molar-refractivity contribution in [2.45, 2.75) is 38.8 Å². The average molecular weight is 225 g/mol. The minimum atomic E-state index is 0.669. The van der Waals surface area contributed by atoms with Crippen LogP contribution < -0.4 is 5.32 Å². The topological polar surface area (TPSA) is 24.9 Å². The molecule has 1 aliphatic carbocycles. The fourth-order valence-corrected chi connectivity index (χ4v) is 2.00.